The van der Waals surface area contributed by atoms with Crippen molar-refractivity contribution in [1.29, 1.82) is 0 Å². The molecule has 1 aromatic heterocycles. The van der Waals surface area contributed by atoms with Crippen LogP contribution in [0.15, 0.2) is 39.8 Å². The zero-order chi connectivity index (χ0) is 20.4. The lowest BCUT2D eigenvalue weighted by Gasteiger charge is -2.34. The highest BCUT2D eigenvalue weighted by molar-refractivity contribution is 9.10. The number of rotatable bonds is 6. The summed E-state index contributed by atoms with van der Waals surface area (Å²) in [5, 5.41) is 8.51. The van der Waals surface area contributed by atoms with Gasteiger partial charge in [-0.3, -0.25) is 4.68 Å². The Kier molecular flexibility index (Phi) is 6.61. The summed E-state index contributed by atoms with van der Waals surface area (Å²) in [6.45, 7) is 6.74. The number of aromatic nitrogens is 3. The van der Waals surface area contributed by atoms with Gasteiger partial charge in [0.15, 0.2) is 0 Å². The molecule has 2 aromatic rings. The number of halogens is 1. The van der Waals surface area contributed by atoms with Gasteiger partial charge in [0.05, 0.1) is 17.1 Å². The van der Waals surface area contributed by atoms with Crippen molar-refractivity contribution in [3.8, 4) is 0 Å². The molecule has 1 aliphatic rings. The summed E-state index contributed by atoms with van der Waals surface area (Å²) in [7, 11) is -3.70. The Balaban J connectivity index is 1.81. The zero-order valence-electron chi connectivity index (χ0n) is 16.8. The standard InChI is InChI=1S/C20H29BrN4O2S/c1-20(2,3)25(28(26,27)19-12-8-7-11-18(19)21)15-17-14-24(23-22-17)13-16-9-5-4-6-10-16/h7-8,11-12,14,16H,4-6,9-10,13,15H2,1-3H3. The first-order chi connectivity index (χ1) is 13.2. The van der Waals surface area contributed by atoms with E-state index < -0.39 is 15.6 Å². The molecule has 1 aromatic carbocycles. The van der Waals surface area contributed by atoms with Crippen LogP contribution in [-0.2, 0) is 23.1 Å². The van der Waals surface area contributed by atoms with E-state index in [1.54, 1.807) is 24.3 Å². The molecule has 28 heavy (non-hydrogen) atoms. The van der Waals surface area contributed by atoms with Crippen LogP contribution in [0, 0.1) is 5.92 Å². The highest BCUT2D eigenvalue weighted by Crippen LogP contribution is 2.31. The summed E-state index contributed by atoms with van der Waals surface area (Å²) in [5.41, 5.74) is 0.0720. The summed E-state index contributed by atoms with van der Waals surface area (Å²) in [6, 6.07) is 6.91. The Bertz CT molecular complexity index is 899. The molecule has 0 atom stereocenters. The quantitative estimate of drug-likeness (QED) is 0.620. The molecule has 1 saturated carbocycles. The summed E-state index contributed by atoms with van der Waals surface area (Å²) >= 11 is 3.37. The van der Waals surface area contributed by atoms with Crippen LogP contribution >= 0.6 is 15.9 Å². The van der Waals surface area contributed by atoms with Crippen LogP contribution in [0.1, 0.15) is 58.6 Å². The van der Waals surface area contributed by atoms with E-state index >= 15 is 0 Å². The molecule has 0 amide bonds. The maximum atomic E-state index is 13.4. The molecule has 154 valence electrons. The van der Waals surface area contributed by atoms with Crippen LogP contribution in [0.2, 0.25) is 0 Å². The smallest absolute Gasteiger partial charge is 0.245 e. The van der Waals surface area contributed by atoms with Gasteiger partial charge in [-0.25, -0.2) is 8.42 Å². The van der Waals surface area contributed by atoms with E-state index in [4.69, 9.17) is 0 Å². The van der Waals surface area contributed by atoms with Gasteiger partial charge in [0.2, 0.25) is 10.0 Å². The molecule has 0 N–H and O–H groups in total. The first-order valence-corrected chi connectivity index (χ1v) is 12.1. The molecule has 1 heterocycles. The van der Waals surface area contributed by atoms with E-state index in [1.165, 1.54) is 36.4 Å². The number of sulfonamides is 1. The molecule has 8 heteroatoms. The summed E-state index contributed by atoms with van der Waals surface area (Å²) < 4.78 is 30.7. The second-order valence-corrected chi connectivity index (χ2v) is 11.2. The molecular formula is C20H29BrN4O2S. The van der Waals surface area contributed by atoms with Crippen LogP contribution in [0.5, 0.6) is 0 Å². The van der Waals surface area contributed by atoms with E-state index in [9.17, 15) is 8.42 Å². The Labute approximate surface area is 176 Å². The van der Waals surface area contributed by atoms with Gasteiger partial charge in [0, 0.05) is 22.8 Å². The predicted molar refractivity (Wildman–Crippen MR) is 113 cm³/mol. The first-order valence-electron chi connectivity index (χ1n) is 9.84. The van der Waals surface area contributed by atoms with Crippen LogP contribution in [-0.4, -0.2) is 33.3 Å². The second-order valence-electron chi connectivity index (χ2n) is 8.55. The monoisotopic (exact) mass is 468 g/mol. The van der Waals surface area contributed by atoms with E-state index in [0.717, 1.165) is 6.54 Å². The van der Waals surface area contributed by atoms with Crippen molar-refractivity contribution >= 4 is 26.0 Å². The Morgan fingerprint density at radius 3 is 2.50 bits per heavy atom. The first kappa shape index (κ1) is 21.5. The van der Waals surface area contributed by atoms with E-state index in [2.05, 4.69) is 26.2 Å². The SMILES string of the molecule is CC(C)(C)N(Cc1cn(CC2CCCCC2)nn1)S(=O)(=O)c1ccccc1Br. The van der Waals surface area contributed by atoms with Crippen molar-refractivity contribution in [3.05, 3.63) is 40.6 Å². The minimum atomic E-state index is -3.70. The third-order valence-electron chi connectivity index (χ3n) is 5.21. The van der Waals surface area contributed by atoms with Gasteiger partial charge in [0.25, 0.3) is 0 Å². The molecule has 1 fully saturated rings. The maximum Gasteiger partial charge on any atom is 0.245 e. The van der Waals surface area contributed by atoms with Crippen LogP contribution < -0.4 is 0 Å². The molecule has 0 saturated heterocycles. The van der Waals surface area contributed by atoms with Crippen molar-refractivity contribution in [3.63, 3.8) is 0 Å². The average Bonchev–Trinajstić information content (AvgIpc) is 3.07. The highest BCUT2D eigenvalue weighted by Gasteiger charge is 2.35. The number of hydrogen-bond donors (Lipinski definition) is 0. The second kappa shape index (κ2) is 8.63. The zero-order valence-corrected chi connectivity index (χ0v) is 19.2. The Hall–Kier alpha value is -1.25. The van der Waals surface area contributed by atoms with Crippen LogP contribution in [0.4, 0.5) is 0 Å². The average molecular weight is 469 g/mol. The Morgan fingerprint density at radius 1 is 1.18 bits per heavy atom. The van der Waals surface area contributed by atoms with Crippen molar-refractivity contribution in [2.45, 2.75) is 76.4 Å². The molecule has 0 spiro atoms. The fourth-order valence-electron chi connectivity index (χ4n) is 3.74. The third-order valence-corrected chi connectivity index (χ3v) is 8.34. The summed E-state index contributed by atoms with van der Waals surface area (Å²) in [6.07, 6.45) is 8.26. The van der Waals surface area contributed by atoms with Gasteiger partial charge < -0.3 is 0 Å². The highest BCUT2D eigenvalue weighted by atomic mass is 79.9. The predicted octanol–water partition coefficient (Wildman–Crippen LogP) is 4.61. The van der Waals surface area contributed by atoms with Crippen molar-refractivity contribution < 1.29 is 8.42 Å². The molecular weight excluding hydrogens is 440 g/mol. The lowest BCUT2D eigenvalue weighted by molar-refractivity contribution is 0.240. The van der Waals surface area contributed by atoms with Gasteiger partial charge in [-0.1, -0.05) is 36.6 Å². The van der Waals surface area contributed by atoms with Gasteiger partial charge >= 0.3 is 0 Å². The molecule has 0 unspecified atom stereocenters. The Morgan fingerprint density at radius 2 is 1.86 bits per heavy atom. The van der Waals surface area contributed by atoms with Crippen LogP contribution in [0.25, 0.3) is 0 Å². The molecule has 0 aliphatic heterocycles. The van der Waals surface area contributed by atoms with E-state index in [0.29, 0.717) is 16.1 Å². The van der Waals surface area contributed by atoms with Crippen molar-refractivity contribution in [2.24, 2.45) is 5.92 Å². The van der Waals surface area contributed by atoms with Gasteiger partial charge in [-0.15, -0.1) is 5.10 Å². The van der Waals surface area contributed by atoms with Gasteiger partial charge in [0.1, 0.15) is 0 Å². The lowest BCUT2D eigenvalue weighted by atomic mass is 9.89. The minimum absolute atomic E-state index is 0.192. The van der Waals surface area contributed by atoms with Gasteiger partial charge in [-0.2, -0.15) is 4.31 Å². The molecule has 1 aliphatic carbocycles. The van der Waals surface area contributed by atoms with E-state index in [-0.39, 0.29) is 11.4 Å². The van der Waals surface area contributed by atoms with E-state index in [1.807, 2.05) is 31.6 Å². The fourth-order valence-corrected chi connectivity index (χ4v) is 6.46. The number of benzene rings is 1. The summed E-state index contributed by atoms with van der Waals surface area (Å²) in [4.78, 5) is 0.263. The topological polar surface area (TPSA) is 68.1 Å². The summed E-state index contributed by atoms with van der Waals surface area (Å²) in [5.74, 6) is 0.644. The maximum absolute atomic E-state index is 13.4. The third kappa shape index (κ3) is 5.02. The molecule has 0 bridgehead atoms. The number of hydrogen-bond acceptors (Lipinski definition) is 4. The van der Waals surface area contributed by atoms with Crippen molar-refractivity contribution in [2.75, 3.05) is 0 Å². The normalized spacial score (nSPS) is 16.6. The molecule has 0 radical (unpaired) electrons. The minimum Gasteiger partial charge on any atom is -0.252 e. The van der Waals surface area contributed by atoms with Gasteiger partial charge in [-0.05, 0) is 67.6 Å². The number of nitrogens with zero attached hydrogens (tertiary/aromatic N) is 4. The molecule has 3 rings (SSSR count). The fraction of sp³-hybridized carbons (Fsp3) is 0.600. The lowest BCUT2D eigenvalue weighted by Crippen LogP contribution is -2.45. The molecule has 6 nitrogen and oxygen atoms in total. The largest absolute Gasteiger partial charge is 0.252 e. The van der Waals surface area contributed by atoms with Crippen molar-refractivity contribution in [1.82, 2.24) is 19.3 Å². The van der Waals surface area contributed by atoms with Crippen LogP contribution in [0.3, 0.4) is 0 Å².